The van der Waals surface area contributed by atoms with Gasteiger partial charge in [0, 0.05) is 37.9 Å². The summed E-state index contributed by atoms with van der Waals surface area (Å²) in [6, 6.07) is 0. The Morgan fingerprint density at radius 2 is 1.39 bits per heavy atom. The van der Waals surface area contributed by atoms with Crippen LogP contribution in [0.3, 0.4) is 0 Å². The minimum absolute atomic E-state index is 0. The predicted octanol–water partition coefficient (Wildman–Crippen LogP) is 3.41. The number of carbonyl (C=O) groups excluding carboxylic acids is 1. The molecule has 14 nitrogen and oxygen atoms in total. The van der Waals surface area contributed by atoms with Crippen molar-refractivity contribution in [1.82, 2.24) is 0 Å². The molecule has 0 amide bonds. The zero-order valence-electron chi connectivity index (χ0n) is 32.0. The highest BCUT2D eigenvalue weighted by atomic mass is 16.8. The van der Waals surface area contributed by atoms with E-state index in [2.05, 4.69) is 13.8 Å². The fourth-order valence-corrected chi connectivity index (χ4v) is 12.5. The average Bonchev–Trinajstić information content (AvgIpc) is 3.66. The number of hydrogen-bond donors (Lipinski definition) is 6. The van der Waals surface area contributed by atoms with E-state index in [9.17, 15) is 35.4 Å². The maximum Gasteiger partial charge on any atom is 0.331 e. The topological polar surface area (TPSA) is 203 Å². The van der Waals surface area contributed by atoms with Crippen molar-refractivity contribution in [3.8, 4) is 0 Å². The summed E-state index contributed by atoms with van der Waals surface area (Å²) >= 11 is 0. The van der Waals surface area contributed by atoms with Crippen molar-refractivity contribution in [2.45, 2.75) is 190 Å². The Bertz CT molecular complexity index is 1400. The van der Waals surface area contributed by atoms with E-state index in [1.807, 2.05) is 0 Å². The highest BCUT2D eigenvalue weighted by Crippen LogP contribution is 2.70. The van der Waals surface area contributed by atoms with Gasteiger partial charge >= 0.3 is 5.97 Å². The molecule has 54 heavy (non-hydrogen) atoms. The summed E-state index contributed by atoms with van der Waals surface area (Å²) in [4.78, 5) is 11.9. The number of fused-ring (bicyclic) bond motifs is 5. The van der Waals surface area contributed by atoms with Gasteiger partial charge in [-0.3, -0.25) is 0 Å². The Morgan fingerprint density at radius 3 is 2.06 bits per heavy atom. The van der Waals surface area contributed by atoms with Crippen LogP contribution in [-0.2, 0) is 38.0 Å². The van der Waals surface area contributed by atoms with Crippen molar-refractivity contribution in [1.29, 1.82) is 0 Å². The van der Waals surface area contributed by atoms with Gasteiger partial charge in [-0.05, 0) is 106 Å². The molecule has 4 aliphatic carbocycles. The quantitative estimate of drug-likeness (QED) is 0.162. The number of aliphatic hydroxyl groups is 6. The molecule has 0 aromatic rings. The van der Waals surface area contributed by atoms with Crippen LogP contribution >= 0.6 is 0 Å². The molecule has 4 aliphatic heterocycles. The van der Waals surface area contributed by atoms with Crippen LogP contribution in [0.25, 0.3) is 0 Å². The summed E-state index contributed by atoms with van der Waals surface area (Å²) in [6.45, 7) is 8.37. The van der Waals surface area contributed by atoms with Crippen LogP contribution in [0.15, 0.2) is 11.6 Å². The second kappa shape index (κ2) is 14.8. The molecule has 1 unspecified atom stereocenters. The van der Waals surface area contributed by atoms with E-state index >= 15 is 0 Å². The fourth-order valence-electron chi connectivity index (χ4n) is 12.5. The number of ether oxygens (including phenoxy) is 7. The van der Waals surface area contributed by atoms with Gasteiger partial charge in [0.2, 0.25) is 0 Å². The first-order valence-corrected chi connectivity index (χ1v) is 20.5. The largest absolute Gasteiger partial charge is 0.458 e. The number of hydrogen-bond acceptors (Lipinski definition) is 14. The molecule has 316 valence electrons. The van der Waals surface area contributed by atoms with Gasteiger partial charge in [0.05, 0.1) is 42.2 Å². The SMILES string of the molecule is C[C@H]1O[C@@H](O[C@H]2[C@@H](O)C[C@H](O[C@H]3[C@@H](O)C[C@H](O[C@H]4CC[C@@]5(C)[C@@H](CCC6[C@@H]5CC[C@]5(C)[C@@H](C7=CC(=O)OC7)CC[C@]65O)C4)O[C@@H]3O)O[C@@H]2C)C[C@H](O)[C@@H]1O.[HH].[HH].[HH].[HH].[HH]. The van der Waals surface area contributed by atoms with Gasteiger partial charge < -0.3 is 63.8 Å². The van der Waals surface area contributed by atoms with Crippen molar-refractivity contribution in [2.24, 2.45) is 34.5 Å². The first-order valence-electron chi connectivity index (χ1n) is 20.5. The van der Waals surface area contributed by atoms with Crippen LogP contribution in [0.5, 0.6) is 0 Å². The van der Waals surface area contributed by atoms with Crippen LogP contribution in [0.1, 0.15) is 112 Å². The maximum atomic E-state index is 12.5. The summed E-state index contributed by atoms with van der Waals surface area (Å²) < 4.78 is 41.1. The molecule has 20 atom stereocenters. The summed E-state index contributed by atoms with van der Waals surface area (Å²) in [5.74, 6) is 0.964. The van der Waals surface area contributed by atoms with Crippen LogP contribution in [0.2, 0.25) is 0 Å². The molecule has 6 N–H and O–H groups in total. The number of esters is 1. The standard InChI is InChI=1S/C40H62O14.5H2/c1-19-34(45)27(41)15-31(49-19)52-35-20(2)50-32(16-28(35)42)53-36-29(43)17-33(54-37(36)46)51-23-7-10-38(3)22(14-23)5-6-26-25(38)8-11-39(4)24(9-12-40(26,39)47)21-13-30(44)48-18-21;;;;;/h13,19-20,22-29,31-37,41-43,45-47H,5-12,14-18H2,1-4H3;5*1H/t19-,20-,22+,23+,24-,25+,26?,27+,28+,29+,31+,32+,33-,34-,35-,36+,37+,38+,39-,40+;;;;;/m1...../s1. The number of aliphatic hydroxyl groups excluding tert-OH is 5. The summed E-state index contributed by atoms with van der Waals surface area (Å²) in [5, 5.41) is 65.7. The monoisotopic (exact) mass is 776 g/mol. The summed E-state index contributed by atoms with van der Waals surface area (Å²) in [5.41, 5.74) is 0.0966. The zero-order valence-corrected chi connectivity index (χ0v) is 32.0. The molecular formula is C40H72O14. The second-order valence-electron chi connectivity index (χ2n) is 18.4. The van der Waals surface area contributed by atoms with Crippen molar-refractivity contribution in [2.75, 3.05) is 6.61 Å². The highest BCUT2D eigenvalue weighted by molar-refractivity contribution is 5.85. The van der Waals surface area contributed by atoms with Gasteiger partial charge in [-0.15, -0.1) is 0 Å². The van der Waals surface area contributed by atoms with Gasteiger partial charge in [-0.2, -0.15) is 0 Å². The summed E-state index contributed by atoms with van der Waals surface area (Å²) in [7, 11) is 0. The molecule has 0 aromatic carbocycles. The lowest BCUT2D eigenvalue weighted by atomic mass is 9.43. The van der Waals surface area contributed by atoms with E-state index in [-0.39, 0.29) is 61.1 Å². The van der Waals surface area contributed by atoms with Crippen molar-refractivity contribution in [3.05, 3.63) is 11.6 Å². The molecule has 8 rings (SSSR count). The van der Waals surface area contributed by atoms with Crippen LogP contribution < -0.4 is 0 Å². The predicted molar refractivity (Wildman–Crippen MR) is 198 cm³/mol. The average molecular weight is 777 g/mol. The molecule has 0 bridgehead atoms. The van der Waals surface area contributed by atoms with Crippen molar-refractivity contribution in [3.63, 3.8) is 0 Å². The fraction of sp³-hybridized carbons (Fsp3) is 0.925. The smallest absolute Gasteiger partial charge is 0.331 e. The van der Waals surface area contributed by atoms with E-state index in [1.54, 1.807) is 19.9 Å². The lowest BCUT2D eigenvalue weighted by Gasteiger charge is -2.63. The second-order valence-corrected chi connectivity index (χ2v) is 18.4. The molecule has 4 saturated carbocycles. The van der Waals surface area contributed by atoms with E-state index < -0.39 is 79.6 Å². The van der Waals surface area contributed by atoms with Crippen LogP contribution in [0.4, 0.5) is 0 Å². The molecule has 0 spiro atoms. The minimum atomic E-state index is -1.48. The molecule has 8 aliphatic rings. The number of carbonyl (C=O) groups is 1. The minimum Gasteiger partial charge on any atom is -0.458 e. The molecule has 0 radical (unpaired) electrons. The van der Waals surface area contributed by atoms with Gasteiger partial charge in [0.1, 0.15) is 24.9 Å². The van der Waals surface area contributed by atoms with Crippen molar-refractivity contribution < 1.29 is 75.7 Å². The molecule has 14 heteroatoms. The lowest BCUT2D eigenvalue weighted by molar-refractivity contribution is -0.361. The van der Waals surface area contributed by atoms with E-state index in [4.69, 9.17) is 33.2 Å². The molecule has 7 fully saturated rings. The van der Waals surface area contributed by atoms with E-state index in [0.29, 0.717) is 18.4 Å². The Balaban J connectivity index is 0.00000186. The zero-order chi connectivity index (χ0) is 38.3. The molecule has 0 aromatic heterocycles. The first-order chi connectivity index (χ1) is 25.6. The van der Waals surface area contributed by atoms with Gasteiger partial charge in [0.25, 0.3) is 0 Å². The van der Waals surface area contributed by atoms with E-state index in [1.165, 1.54) is 0 Å². The number of cyclic esters (lactones) is 1. The number of rotatable bonds is 7. The van der Waals surface area contributed by atoms with E-state index in [0.717, 1.165) is 63.4 Å². The third-order valence-electron chi connectivity index (χ3n) is 15.6. The Labute approximate surface area is 324 Å². The highest BCUT2D eigenvalue weighted by Gasteiger charge is 2.68. The Kier molecular flexibility index (Phi) is 10.9. The normalized spacial score (nSPS) is 55.0. The molecule has 3 saturated heterocycles. The Morgan fingerprint density at radius 1 is 0.722 bits per heavy atom. The maximum absolute atomic E-state index is 12.5. The Hall–Kier alpha value is -1.27. The summed E-state index contributed by atoms with van der Waals surface area (Å²) in [6.07, 6.45) is -1.40. The first kappa shape index (κ1) is 39.6. The van der Waals surface area contributed by atoms with Gasteiger partial charge in [0.15, 0.2) is 25.2 Å². The lowest BCUT2D eigenvalue weighted by Crippen LogP contribution is -2.62. The van der Waals surface area contributed by atoms with Gasteiger partial charge in [-0.1, -0.05) is 13.8 Å². The molecular weight excluding hydrogens is 704 g/mol. The van der Waals surface area contributed by atoms with Gasteiger partial charge in [-0.25, -0.2) is 4.79 Å². The van der Waals surface area contributed by atoms with Crippen LogP contribution in [-0.4, -0.2) is 129 Å². The van der Waals surface area contributed by atoms with Crippen LogP contribution in [0, 0.1) is 34.5 Å². The molecule has 4 heterocycles. The third kappa shape index (κ3) is 6.81. The van der Waals surface area contributed by atoms with Crippen molar-refractivity contribution >= 4 is 5.97 Å². The third-order valence-corrected chi connectivity index (χ3v) is 15.6.